The first-order chi connectivity index (χ1) is 8.79. The van der Waals surface area contributed by atoms with E-state index in [1.807, 2.05) is 18.2 Å². The van der Waals surface area contributed by atoms with E-state index in [2.05, 4.69) is 41.5 Å². The Bertz CT molecular complexity index is 485. The van der Waals surface area contributed by atoms with Gasteiger partial charge in [-0.3, -0.25) is 0 Å². The maximum atomic E-state index is 5.22. The minimum atomic E-state index is 0.325. The molecule has 3 heteroatoms. The van der Waals surface area contributed by atoms with Crippen LogP contribution in [0.4, 0.5) is 5.69 Å². The Morgan fingerprint density at radius 3 is 2.67 bits per heavy atom. The molecule has 94 valence electrons. The van der Waals surface area contributed by atoms with Crippen LogP contribution in [-0.4, -0.2) is 18.1 Å². The van der Waals surface area contributed by atoms with Gasteiger partial charge in [0.05, 0.1) is 12.8 Å². The van der Waals surface area contributed by atoms with Crippen LogP contribution >= 0.6 is 0 Å². The first kappa shape index (κ1) is 12.4. The molecule has 1 heterocycles. The molecule has 3 nitrogen and oxygen atoms in total. The summed E-state index contributed by atoms with van der Waals surface area (Å²) in [5, 5.41) is 3.42. The Labute approximate surface area is 108 Å². The summed E-state index contributed by atoms with van der Waals surface area (Å²) in [6.07, 6.45) is 2.70. The van der Waals surface area contributed by atoms with Gasteiger partial charge in [-0.15, -0.1) is 0 Å². The smallest absolute Gasteiger partial charge is 0.237 e. The van der Waals surface area contributed by atoms with Gasteiger partial charge in [0.1, 0.15) is 0 Å². The number of pyridine rings is 1. The van der Waals surface area contributed by atoms with Crippen LogP contribution in [0.5, 0.6) is 5.88 Å². The van der Waals surface area contributed by atoms with Crippen molar-refractivity contribution < 1.29 is 4.74 Å². The third kappa shape index (κ3) is 3.23. The molecular formula is C15H18N2O. The van der Waals surface area contributed by atoms with Crippen molar-refractivity contribution in [3.8, 4) is 5.88 Å². The number of anilines is 1. The minimum Gasteiger partial charge on any atom is -0.480 e. The van der Waals surface area contributed by atoms with Gasteiger partial charge in [-0.05, 0) is 31.0 Å². The van der Waals surface area contributed by atoms with Gasteiger partial charge in [0, 0.05) is 12.2 Å². The molecule has 2 rings (SSSR count). The Kier molecular flexibility index (Phi) is 4.18. The van der Waals surface area contributed by atoms with E-state index >= 15 is 0 Å². The molecule has 18 heavy (non-hydrogen) atoms. The topological polar surface area (TPSA) is 34.1 Å². The van der Waals surface area contributed by atoms with Gasteiger partial charge in [0.15, 0.2) is 0 Å². The summed E-state index contributed by atoms with van der Waals surface area (Å²) in [7, 11) is 1.63. The Morgan fingerprint density at radius 1 is 1.17 bits per heavy atom. The molecule has 1 unspecified atom stereocenters. The number of hydrogen-bond donors (Lipinski definition) is 1. The molecule has 0 aliphatic heterocycles. The summed E-state index contributed by atoms with van der Waals surface area (Å²) in [6.45, 7) is 2.15. The molecule has 0 amide bonds. The number of methoxy groups -OCH3 is 1. The minimum absolute atomic E-state index is 0.325. The summed E-state index contributed by atoms with van der Waals surface area (Å²) >= 11 is 0. The van der Waals surface area contributed by atoms with Crippen molar-refractivity contribution in [3.05, 3.63) is 54.2 Å². The van der Waals surface area contributed by atoms with Crippen molar-refractivity contribution in [2.45, 2.75) is 19.4 Å². The van der Waals surface area contributed by atoms with Crippen molar-refractivity contribution in [3.63, 3.8) is 0 Å². The predicted molar refractivity (Wildman–Crippen MR) is 74.0 cm³/mol. The first-order valence-electron chi connectivity index (χ1n) is 6.09. The molecule has 0 aliphatic rings. The van der Waals surface area contributed by atoms with Crippen molar-refractivity contribution >= 4 is 5.69 Å². The van der Waals surface area contributed by atoms with Gasteiger partial charge < -0.3 is 10.1 Å². The number of aromatic nitrogens is 1. The van der Waals surface area contributed by atoms with Crippen molar-refractivity contribution in [2.24, 2.45) is 0 Å². The molecule has 2 aromatic rings. The number of nitrogens with one attached hydrogen (secondary N) is 1. The monoisotopic (exact) mass is 242 g/mol. The zero-order valence-electron chi connectivity index (χ0n) is 10.8. The molecule has 0 bridgehead atoms. The second kappa shape index (κ2) is 6.05. The summed E-state index contributed by atoms with van der Waals surface area (Å²) in [5.41, 5.74) is 2.25. The van der Waals surface area contributed by atoms with Crippen LogP contribution < -0.4 is 10.1 Å². The summed E-state index contributed by atoms with van der Waals surface area (Å²) in [4.78, 5) is 4.17. The molecule has 0 aliphatic carbocycles. The normalized spacial score (nSPS) is 11.9. The van der Waals surface area contributed by atoms with E-state index in [1.54, 1.807) is 13.3 Å². The maximum Gasteiger partial charge on any atom is 0.237 e. The number of hydrogen-bond acceptors (Lipinski definition) is 3. The largest absolute Gasteiger partial charge is 0.480 e. The lowest BCUT2D eigenvalue weighted by molar-refractivity contribution is 0.399. The fraction of sp³-hybridized carbons (Fsp3) is 0.267. The van der Waals surface area contributed by atoms with Gasteiger partial charge >= 0.3 is 0 Å². The average Bonchev–Trinajstić information content (AvgIpc) is 2.40. The lowest BCUT2D eigenvalue weighted by Gasteiger charge is -2.16. The SMILES string of the molecule is COc1ncccc1NC(C)Cc1ccccc1. The van der Waals surface area contributed by atoms with Crippen LogP contribution in [-0.2, 0) is 6.42 Å². The van der Waals surface area contributed by atoms with Gasteiger partial charge in [-0.1, -0.05) is 30.3 Å². The second-order valence-corrected chi connectivity index (χ2v) is 4.30. The fourth-order valence-corrected chi connectivity index (χ4v) is 1.95. The van der Waals surface area contributed by atoms with Gasteiger partial charge in [0.25, 0.3) is 0 Å². The molecule has 1 aromatic carbocycles. The highest BCUT2D eigenvalue weighted by Gasteiger charge is 2.07. The van der Waals surface area contributed by atoms with E-state index in [-0.39, 0.29) is 0 Å². The predicted octanol–water partition coefficient (Wildman–Crippen LogP) is 3.13. The van der Waals surface area contributed by atoms with Crippen molar-refractivity contribution in [1.29, 1.82) is 0 Å². The number of nitrogens with zero attached hydrogens (tertiary/aromatic N) is 1. The fourth-order valence-electron chi connectivity index (χ4n) is 1.95. The third-order valence-corrected chi connectivity index (χ3v) is 2.75. The Morgan fingerprint density at radius 2 is 1.94 bits per heavy atom. The molecule has 0 saturated carbocycles. The van der Waals surface area contributed by atoms with E-state index in [0.29, 0.717) is 11.9 Å². The highest BCUT2D eigenvalue weighted by molar-refractivity contribution is 5.52. The van der Waals surface area contributed by atoms with E-state index in [0.717, 1.165) is 12.1 Å². The Balaban J connectivity index is 2.01. The van der Waals surface area contributed by atoms with Gasteiger partial charge in [-0.25, -0.2) is 4.98 Å². The second-order valence-electron chi connectivity index (χ2n) is 4.30. The van der Waals surface area contributed by atoms with Gasteiger partial charge in [-0.2, -0.15) is 0 Å². The number of ether oxygens (including phenoxy) is 1. The third-order valence-electron chi connectivity index (χ3n) is 2.75. The molecule has 0 spiro atoms. The van der Waals surface area contributed by atoms with Crippen molar-refractivity contribution in [1.82, 2.24) is 4.98 Å². The van der Waals surface area contributed by atoms with E-state index in [1.165, 1.54) is 5.56 Å². The summed E-state index contributed by atoms with van der Waals surface area (Å²) in [6, 6.07) is 14.6. The molecule has 0 fully saturated rings. The van der Waals surface area contributed by atoms with E-state index in [9.17, 15) is 0 Å². The van der Waals surface area contributed by atoms with Crippen LogP contribution in [0.25, 0.3) is 0 Å². The van der Waals surface area contributed by atoms with Crippen LogP contribution in [0.15, 0.2) is 48.7 Å². The molecule has 1 aromatic heterocycles. The Hall–Kier alpha value is -2.03. The van der Waals surface area contributed by atoms with E-state index < -0.39 is 0 Å². The summed E-state index contributed by atoms with van der Waals surface area (Å²) in [5.74, 6) is 0.636. The maximum absolute atomic E-state index is 5.22. The highest BCUT2D eigenvalue weighted by atomic mass is 16.5. The standard InChI is InChI=1S/C15H18N2O/c1-12(11-13-7-4-3-5-8-13)17-14-9-6-10-16-15(14)18-2/h3-10,12,17H,11H2,1-2H3. The van der Waals surface area contributed by atoms with Crippen molar-refractivity contribution in [2.75, 3.05) is 12.4 Å². The average molecular weight is 242 g/mol. The quantitative estimate of drug-likeness (QED) is 0.874. The first-order valence-corrected chi connectivity index (χ1v) is 6.09. The highest BCUT2D eigenvalue weighted by Crippen LogP contribution is 2.21. The van der Waals surface area contributed by atoms with Crippen LogP contribution in [0.1, 0.15) is 12.5 Å². The molecule has 0 saturated heterocycles. The molecular weight excluding hydrogens is 224 g/mol. The van der Waals surface area contributed by atoms with E-state index in [4.69, 9.17) is 4.74 Å². The lowest BCUT2D eigenvalue weighted by atomic mass is 10.1. The lowest BCUT2D eigenvalue weighted by Crippen LogP contribution is -2.18. The summed E-state index contributed by atoms with van der Waals surface area (Å²) < 4.78 is 5.22. The molecule has 0 radical (unpaired) electrons. The molecule has 1 N–H and O–H groups in total. The zero-order chi connectivity index (χ0) is 12.8. The number of rotatable bonds is 5. The van der Waals surface area contributed by atoms with Crippen LogP contribution in [0.3, 0.4) is 0 Å². The van der Waals surface area contributed by atoms with Crippen LogP contribution in [0, 0.1) is 0 Å². The zero-order valence-corrected chi connectivity index (χ0v) is 10.8. The van der Waals surface area contributed by atoms with Crippen LogP contribution in [0.2, 0.25) is 0 Å². The van der Waals surface area contributed by atoms with Gasteiger partial charge in [0.2, 0.25) is 5.88 Å². The molecule has 1 atom stereocenters. The number of benzene rings is 1.